The molecule has 16 heavy (non-hydrogen) atoms. The van der Waals surface area contributed by atoms with Gasteiger partial charge in [-0.1, -0.05) is 0 Å². The first-order valence-corrected chi connectivity index (χ1v) is 7.09. The maximum absolute atomic E-state index is 10.8. The lowest BCUT2D eigenvalue weighted by molar-refractivity contribution is 0.0696. The number of hydrogen-bond acceptors (Lipinski definition) is 3. The first-order chi connectivity index (χ1) is 7.50. The zero-order chi connectivity index (χ0) is 12.1. The van der Waals surface area contributed by atoms with Crippen LogP contribution >= 0.6 is 15.9 Å². The van der Waals surface area contributed by atoms with Crippen LogP contribution in [0.3, 0.4) is 0 Å². The molecule has 0 aromatic heterocycles. The quantitative estimate of drug-likeness (QED) is 0.872. The summed E-state index contributed by atoms with van der Waals surface area (Å²) in [6.07, 6.45) is 1.64. The first kappa shape index (κ1) is 13.2. The summed E-state index contributed by atoms with van der Waals surface area (Å²) >= 11 is 3.19. The molecule has 0 bridgehead atoms. The minimum absolute atomic E-state index is 0.226. The molecule has 2 N–H and O–H groups in total. The highest BCUT2D eigenvalue weighted by molar-refractivity contribution is 9.10. The van der Waals surface area contributed by atoms with E-state index < -0.39 is 16.8 Å². The van der Waals surface area contributed by atoms with Crippen molar-refractivity contribution in [1.82, 2.24) is 0 Å². The number of carbonyl (C=O) groups is 1. The fourth-order valence-electron chi connectivity index (χ4n) is 1.14. The third-order valence-electron chi connectivity index (χ3n) is 1.92. The summed E-state index contributed by atoms with van der Waals surface area (Å²) < 4.78 is 11.4. The van der Waals surface area contributed by atoms with E-state index in [4.69, 9.17) is 5.11 Å². The lowest BCUT2D eigenvalue weighted by Crippen LogP contribution is -2.10. The van der Waals surface area contributed by atoms with Crippen LogP contribution in [0.4, 0.5) is 5.69 Å². The Hall–Kier alpha value is -0.880. The Balaban J connectivity index is 2.66. The van der Waals surface area contributed by atoms with Gasteiger partial charge in [0.2, 0.25) is 0 Å². The van der Waals surface area contributed by atoms with Crippen molar-refractivity contribution in [3.63, 3.8) is 0 Å². The first-order valence-electron chi connectivity index (χ1n) is 4.57. The SMILES string of the molecule is CS(=O)CCNc1ccc(C(=O)O)c(Br)c1. The predicted molar refractivity (Wildman–Crippen MR) is 68.5 cm³/mol. The molecule has 1 aromatic rings. The van der Waals surface area contributed by atoms with Crippen molar-refractivity contribution in [3.05, 3.63) is 28.2 Å². The molecule has 4 nitrogen and oxygen atoms in total. The zero-order valence-electron chi connectivity index (χ0n) is 8.70. The van der Waals surface area contributed by atoms with E-state index >= 15 is 0 Å². The van der Waals surface area contributed by atoms with Crippen LogP contribution in [-0.4, -0.2) is 33.8 Å². The van der Waals surface area contributed by atoms with Crippen molar-refractivity contribution in [3.8, 4) is 0 Å². The van der Waals surface area contributed by atoms with E-state index in [0.717, 1.165) is 5.69 Å². The van der Waals surface area contributed by atoms with Gasteiger partial charge >= 0.3 is 5.97 Å². The van der Waals surface area contributed by atoms with Crippen molar-refractivity contribution >= 4 is 38.4 Å². The predicted octanol–water partition coefficient (Wildman–Crippen LogP) is 1.94. The summed E-state index contributed by atoms with van der Waals surface area (Å²) in [4.78, 5) is 10.7. The number of carboxylic acids is 1. The molecule has 88 valence electrons. The van der Waals surface area contributed by atoms with E-state index in [2.05, 4.69) is 21.2 Å². The second-order valence-electron chi connectivity index (χ2n) is 3.20. The number of nitrogens with one attached hydrogen (secondary N) is 1. The summed E-state index contributed by atoms with van der Waals surface area (Å²) in [6, 6.07) is 4.91. The number of hydrogen-bond donors (Lipinski definition) is 2. The second-order valence-corrected chi connectivity index (χ2v) is 5.61. The third-order valence-corrected chi connectivity index (χ3v) is 3.35. The smallest absolute Gasteiger partial charge is 0.336 e. The van der Waals surface area contributed by atoms with Crippen molar-refractivity contribution in [2.24, 2.45) is 0 Å². The lowest BCUT2D eigenvalue weighted by atomic mass is 10.2. The Morgan fingerprint density at radius 1 is 1.56 bits per heavy atom. The van der Waals surface area contributed by atoms with Crippen LogP contribution in [0, 0.1) is 0 Å². The molecule has 0 saturated heterocycles. The maximum atomic E-state index is 10.8. The van der Waals surface area contributed by atoms with Crippen LogP contribution in [0.25, 0.3) is 0 Å². The molecule has 0 amide bonds. The van der Waals surface area contributed by atoms with E-state index in [1.54, 1.807) is 18.4 Å². The number of halogens is 1. The zero-order valence-corrected chi connectivity index (χ0v) is 11.1. The highest BCUT2D eigenvalue weighted by Crippen LogP contribution is 2.21. The Labute approximate surface area is 105 Å². The van der Waals surface area contributed by atoms with Crippen LogP contribution in [0.2, 0.25) is 0 Å². The standard InChI is InChI=1S/C10H12BrNO3S/c1-16(15)5-4-12-7-2-3-8(10(13)14)9(11)6-7/h2-3,6,12H,4-5H2,1H3,(H,13,14). The third kappa shape index (κ3) is 3.94. The summed E-state index contributed by atoms with van der Waals surface area (Å²) in [5, 5.41) is 11.9. The fraction of sp³-hybridized carbons (Fsp3) is 0.300. The molecular formula is C10H12BrNO3S. The molecule has 0 aliphatic heterocycles. The van der Waals surface area contributed by atoms with Crippen LogP contribution in [0.1, 0.15) is 10.4 Å². The number of aromatic carboxylic acids is 1. The fourth-order valence-corrected chi connectivity index (χ4v) is 2.08. The number of benzene rings is 1. The van der Waals surface area contributed by atoms with Gasteiger partial charge in [-0.15, -0.1) is 0 Å². The Kier molecular flexibility index (Phi) is 4.95. The minimum Gasteiger partial charge on any atom is -0.478 e. The van der Waals surface area contributed by atoms with Crippen LogP contribution in [0.5, 0.6) is 0 Å². The number of rotatable bonds is 5. The van der Waals surface area contributed by atoms with Gasteiger partial charge in [0.05, 0.1) is 5.56 Å². The molecule has 1 rings (SSSR count). The molecular weight excluding hydrogens is 294 g/mol. The molecule has 6 heteroatoms. The molecule has 0 spiro atoms. The van der Waals surface area contributed by atoms with Gasteiger partial charge in [0, 0.05) is 39.5 Å². The van der Waals surface area contributed by atoms with Crippen molar-refractivity contribution in [2.75, 3.05) is 23.9 Å². The van der Waals surface area contributed by atoms with Gasteiger partial charge in [-0.05, 0) is 34.1 Å². The minimum atomic E-state index is -0.965. The van der Waals surface area contributed by atoms with Gasteiger partial charge in [0.25, 0.3) is 0 Å². The molecule has 0 aliphatic rings. The average molecular weight is 306 g/mol. The molecule has 1 aromatic carbocycles. The van der Waals surface area contributed by atoms with Gasteiger partial charge in [-0.2, -0.15) is 0 Å². The topological polar surface area (TPSA) is 66.4 Å². The lowest BCUT2D eigenvalue weighted by Gasteiger charge is -2.07. The summed E-state index contributed by atoms with van der Waals surface area (Å²) in [5.74, 6) is -0.397. The highest BCUT2D eigenvalue weighted by atomic mass is 79.9. The summed E-state index contributed by atoms with van der Waals surface area (Å²) in [5.41, 5.74) is 1.03. The van der Waals surface area contributed by atoms with Gasteiger partial charge < -0.3 is 10.4 Å². The van der Waals surface area contributed by atoms with E-state index in [0.29, 0.717) is 16.8 Å². The van der Waals surface area contributed by atoms with Crippen molar-refractivity contribution in [2.45, 2.75) is 0 Å². The number of carboxylic acid groups (broad SMARTS) is 1. The maximum Gasteiger partial charge on any atom is 0.336 e. The van der Waals surface area contributed by atoms with E-state index in [9.17, 15) is 9.00 Å². The van der Waals surface area contributed by atoms with Crippen molar-refractivity contribution in [1.29, 1.82) is 0 Å². The Morgan fingerprint density at radius 2 is 2.25 bits per heavy atom. The monoisotopic (exact) mass is 305 g/mol. The Bertz CT molecular complexity index is 423. The summed E-state index contributed by atoms with van der Waals surface area (Å²) in [7, 11) is -0.825. The van der Waals surface area contributed by atoms with Crippen molar-refractivity contribution < 1.29 is 14.1 Å². The van der Waals surface area contributed by atoms with Gasteiger partial charge in [0.15, 0.2) is 0 Å². The van der Waals surface area contributed by atoms with Crippen LogP contribution in [-0.2, 0) is 10.8 Å². The molecule has 1 atom stereocenters. The second kappa shape index (κ2) is 6.00. The molecule has 0 aliphatic carbocycles. The highest BCUT2D eigenvalue weighted by Gasteiger charge is 2.07. The molecule has 0 saturated carbocycles. The average Bonchev–Trinajstić information content (AvgIpc) is 2.16. The summed E-state index contributed by atoms with van der Waals surface area (Å²) in [6.45, 7) is 0.599. The van der Waals surface area contributed by atoms with Gasteiger partial charge in [-0.3, -0.25) is 4.21 Å². The number of anilines is 1. The van der Waals surface area contributed by atoms with E-state index in [-0.39, 0.29) is 5.56 Å². The molecule has 0 radical (unpaired) electrons. The van der Waals surface area contributed by atoms with Crippen LogP contribution in [0.15, 0.2) is 22.7 Å². The largest absolute Gasteiger partial charge is 0.478 e. The molecule has 0 heterocycles. The van der Waals surface area contributed by atoms with Crippen LogP contribution < -0.4 is 5.32 Å². The molecule has 1 unspecified atom stereocenters. The van der Waals surface area contributed by atoms with Gasteiger partial charge in [-0.25, -0.2) is 4.79 Å². The Morgan fingerprint density at radius 3 is 2.75 bits per heavy atom. The van der Waals surface area contributed by atoms with Gasteiger partial charge in [0.1, 0.15) is 0 Å². The van der Waals surface area contributed by atoms with E-state index in [1.165, 1.54) is 6.07 Å². The normalized spacial score (nSPS) is 12.1. The molecule has 0 fully saturated rings. The van der Waals surface area contributed by atoms with E-state index in [1.807, 2.05) is 0 Å².